The molecule has 4 heteroatoms. The summed E-state index contributed by atoms with van der Waals surface area (Å²) in [6.45, 7) is 2.92. The molecule has 1 atom stereocenters. The first kappa shape index (κ1) is 13.7. The van der Waals surface area contributed by atoms with E-state index >= 15 is 0 Å². The summed E-state index contributed by atoms with van der Waals surface area (Å²) in [6.07, 6.45) is 0.854. The Morgan fingerprint density at radius 3 is 2.53 bits per heavy atom. The predicted molar refractivity (Wildman–Crippen MR) is 67.3 cm³/mol. The normalized spacial score (nSPS) is 12.2. The average Bonchev–Trinajstić information content (AvgIpc) is 2.38. The largest absolute Gasteiger partial charge is 0.395 e. The van der Waals surface area contributed by atoms with Crippen LogP contribution in [0.3, 0.4) is 0 Å². The highest BCUT2D eigenvalue weighted by atomic mass is 16.3. The Balaban J connectivity index is 2.73. The first-order chi connectivity index (χ1) is 8.20. The van der Waals surface area contributed by atoms with Crippen molar-refractivity contribution in [3.05, 3.63) is 35.9 Å². The lowest BCUT2D eigenvalue weighted by molar-refractivity contribution is -0.133. The van der Waals surface area contributed by atoms with Gasteiger partial charge in [-0.1, -0.05) is 37.3 Å². The lowest BCUT2D eigenvalue weighted by Crippen LogP contribution is -2.40. The molecule has 0 bridgehead atoms. The fraction of sp³-hybridized carbons (Fsp3) is 0.462. The number of nitrogens with two attached hydrogens (primary N) is 1. The van der Waals surface area contributed by atoms with E-state index in [0.29, 0.717) is 13.1 Å². The van der Waals surface area contributed by atoms with E-state index in [4.69, 9.17) is 10.8 Å². The number of carbonyl (C=O) groups excluding carboxylic acids is 1. The minimum Gasteiger partial charge on any atom is -0.395 e. The number of rotatable bonds is 6. The zero-order valence-corrected chi connectivity index (χ0v) is 10.2. The van der Waals surface area contributed by atoms with Crippen molar-refractivity contribution in [2.45, 2.75) is 19.4 Å². The molecule has 1 rings (SSSR count). The van der Waals surface area contributed by atoms with Crippen LogP contribution >= 0.6 is 0 Å². The van der Waals surface area contributed by atoms with Gasteiger partial charge in [0.2, 0.25) is 5.91 Å². The summed E-state index contributed by atoms with van der Waals surface area (Å²) in [7, 11) is 0. The van der Waals surface area contributed by atoms with Gasteiger partial charge in [-0.05, 0) is 12.0 Å². The zero-order chi connectivity index (χ0) is 12.7. The van der Waals surface area contributed by atoms with E-state index < -0.39 is 6.04 Å². The van der Waals surface area contributed by atoms with Gasteiger partial charge in [-0.3, -0.25) is 4.79 Å². The molecule has 1 amide bonds. The molecule has 0 saturated heterocycles. The third kappa shape index (κ3) is 3.84. The fourth-order valence-electron chi connectivity index (χ4n) is 1.72. The van der Waals surface area contributed by atoms with Crippen LogP contribution in [0.15, 0.2) is 30.3 Å². The molecule has 0 aliphatic heterocycles. The minimum absolute atomic E-state index is 0.0345. The van der Waals surface area contributed by atoms with Gasteiger partial charge in [0, 0.05) is 13.1 Å². The van der Waals surface area contributed by atoms with Crippen LogP contribution in [0.2, 0.25) is 0 Å². The molecule has 0 aliphatic rings. The van der Waals surface area contributed by atoms with Crippen LogP contribution in [0.1, 0.15) is 24.9 Å². The summed E-state index contributed by atoms with van der Waals surface area (Å²) in [5.41, 5.74) is 6.73. The third-order valence-electron chi connectivity index (χ3n) is 2.60. The van der Waals surface area contributed by atoms with Gasteiger partial charge < -0.3 is 15.7 Å². The molecule has 0 unspecified atom stereocenters. The number of aliphatic hydroxyl groups excluding tert-OH is 1. The van der Waals surface area contributed by atoms with Gasteiger partial charge in [0.25, 0.3) is 0 Å². The van der Waals surface area contributed by atoms with E-state index in [0.717, 1.165) is 12.0 Å². The molecule has 94 valence electrons. The molecule has 4 nitrogen and oxygen atoms in total. The van der Waals surface area contributed by atoms with Crippen molar-refractivity contribution in [1.82, 2.24) is 4.90 Å². The molecule has 3 N–H and O–H groups in total. The Hall–Kier alpha value is -1.39. The lowest BCUT2D eigenvalue weighted by Gasteiger charge is -2.24. The van der Waals surface area contributed by atoms with Crippen LogP contribution in [0.25, 0.3) is 0 Å². The van der Waals surface area contributed by atoms with Gasteiger partial charge in [-0.15, -0.1) is 0 Å². The number of hydrogen-bond acceptors (Lipinski definition) is 3. The highest BCUT2D eigenvalue weighted by Gasteiger charge is 2.21. The van der Waals surface area contributed by atoms with Gasteiger partial charge in [0.1, 0.15) is 6.04 Å². The van der Waals surface area contributed by atoms with Crippen molar-refractivity contribution >= 4 is 5.91 Å². The van der Waals surface area contributed by atoms with Gasteiger partial charge >= 0.3 is 0 Å². The Bertz CT molecular complexity index is 335. The molecule has 0 fully saturated rings. The maximum atomic E-state index is 12.1. The molecule has 0 aromatic heterocycles. The van der Waals surface area contributed by atoms with Crippen LogP contribution < -0.4 is 5.73 Å². The number of nitrogens with zero attached hydrogens (tertiary/aromatic N) is 1. The van der Waals surface area contributed by atoms with E-state index in [9.17, 15) is 4.79 Å². The van der Waals surface area contributed by atoms with E-state index in [2.05, 4.69) is 0 Å². The topological polar surface area (TPSA) is 66.6 Å². The number of aliphatic hydroxyl groups is 1. The molecule has 0 spiro atoms. The molecule has 17 heavy (non-hydrogen) atoms. The second kappa shape index (κ2) is 7.04. The number of benzene rings is 1. The second-order valence-electron chi connectivity index (χ2n) is 3.94. The minimum atomic E-state index is -0.644. The van der Waals surface area contributed by atoms with Gasteiger partial charge in [-0.2, -0.15) is 0 Å². The van der Waals surface area contributed by atoms with Crippen molar-refractivity contribution in [3.63, 3.8) is 0 Å². The first-order valence-corrected chi connectivity index (χ1v) is 5.90. The maximum Gasteiger partial charge on any atom is 0.244 e. The molecule has 0 heterocycles. The smallest absolute Gasteiger partial charge is 0.244 e. The Morgan fingerprint density at radius 2 is 2.00 bits per heavy atom. The van der Waals surface area contributed by atoms with E-state index in [1.807, 2.05) is 37.3 Å². The van der Waals surface area contributed by atoms with Gasteiger partial charge in [-0.25, -0.2) is 0 Å². The summed E-state index contributed by atoms with van der Waals surface area (Å²) < 4.78 is 0. The monoisotopic (exact) mass is 236 g/mol. The predicted octanol–water partition coefficient (Wildman–Crippen LogP) is 0.917. The molecular formula is C13H20N2O2. The standard InChI is InChI=1S/C13H20N2O2/c1-2-8-15(9-10-16)13(17)12(14)11-6-4-3-5-7-11/h3-7,12,16H,2,8-10,14H2,1H3/t12-/m0/s1. The second-order valence-corrected chi connectivity index (χ2v) is 3.94. The van der Waals surface area contributed by atoms with Gasteiger partial charge in [0.05, 0.1) is 6.61 Å². The summed E-state index contributed by atoms with van der Waals surface area (Å²) in [5, 5.41) is 8.93. The van der Waals surface area contributed by atoms with Gasteiger partial charge in [0.15, 0.2) is 0 Å². The average molecular weight is 236 g/mol. The summed E-state index contributed by atoms with van der Waals surface area (Å²) in [4.78, 5) is 13.7. The van der Waals surface area contributed by atoms with Crippen molar-refractivity contribution in [2.75, 3.05) is 19.7 Å². The number of hydrogen-bond donors (Lipinski definition) is 2. The van der Waals surface area contributed by atoms with Crippen LogP contribution in [0, 0.1) is 0 Å². The fourth-order valence-corrected chi connectivity index (χ4v) is 1.72. The highest BCUT2D eigenvalue weighted by Crippen LogP contribution is 2.12. The molecular weight excluding hydrogens is 216 g/mol. The van der Waals surface area contributed by atoms with E-state index in [1.165, 1.54) is 0 Å². The number of amides is 1. The molecule has 0 radical (unpaired) electrons. The van der Waals surface area contributed by atoms with Crippen LogP contribution in [0.5, 0.6) is 0 Å². The van der Waals surface area contributed by atoms with Crippen molar-refractivity contribution in [2.24, 2.45) is 5.73 Å². The Morgan fingerprint density at radius 1 is 1.35 bits per heavy atom. The Kier molecular flexibility index (Phi) is 5.66. The quantitative estimate of drug-likeness (QED) is 0.771. The summed E-state index contributed by atoms with van der Waals surface area (Å²) in [6, 6.07) is 8.64. The maximum absolute atomic E-state index is 12.1. The Labute approximate surface area is 102 Å². The molecule has 1 aromatic carbocycles. The SMILES string of the molecule is CCCN(CCO)C(=O)[C@@H](N)c1ccccc1. The summed E-state index contributed by atoms with van der Waals surface area (Å²) >= 11 is 0. The molecule has 0 saturated carbocycles. The van der Waals surface area contributed by atoms with Crippen molar-refractivity contribution in [3.8, 4) is 0 Å². The van der Waals surface area contributed by atoms with Crippen LogP contribution in [-0.4, -0.2) is 35.6 Å². The van der Waals surface area contributed by atoms with Crippen LogP contribution in [-0.2, 0) is 4.79 Å². The third-order valence-corrected chi connectivity index (χ3v) is 2.60. The lowest BCUT2D eigenvalue weighted by atomic mass is 10.1. The highest BCUT2D eigenvalue weighted by molar-refractivity contribution is 5.83. The zero-order valence-electron chi connectivity index (χ0n) is 10.2. The van der Waals surface area contributed by atoms with Crippen LogP contribution in [0.4, 0.5) is 0 Å². The summed E-state index contributed by atoms with van der Waals surface area (Å²) in [5.74, 6) is -0.132. The van der Waals surface area contributed by atoms with Crippen molar-refractivity contribution in [1.29, 1.82) is 0 Å². The molecule has 1 aromatic rings. The van der Waals surface area contributed by atoms with Crippen molar-refractivity contribution < 1.29 is 9.90 Å². The van der Waals surface area contributed by atoms with E-state index in [-0.39, 0.29) is 12.5 Å². The first-order valence-electron chi connectivity index (χ1n) is 5.90. The van der Waals surface area contributed by atoms with E-state index in [1.54, 1.807) is 4.90 Å². The molecule has 0 aliphatic carbocycles. The number of carbonyl (C=O) groups is 1.